The van der Waals surface area contributed by atoms with Crippen LogP contribution in [0.3, 0.4) is 0 Å². The number of rotatable bonds is 8. The average Bonchev–Trinajstić information content (AvgIpc) is 3.57. The Morgan fingerprint density at radius 1 is 1.06 bits per heavy atom. The molecule has 8 heteroatoms. The molecule has 2 heterocycles. The number of halogens is 1. The number of benzene rings is 2. The monoisotopic (exact) mass is 469 g/mol. The van der Waals surface area contributed by atoms with Gasteiger partial charge >= 0.3 is 5.97 Å². The third-order valence-electron chi connectivity index (χ3n) is 6.17. The Kier molecular flexibility index (Phi) is 6.61. The molecule has 1 aromatic heterocycles. The molecule has 0 spiro atoms. The molecule has 0 N–H and O–H groups in total. The minimum Gasteiger partial charge on any atom is -0.493 e. The highest BCUT2D eigenvalue weighted by atomic mass is 35.5. The molecular weight excluding hydrogens is 442 g/mol. The topological polar surface area (TPSA) is 73.8 Å². The molecular formula is C25H28ClN3O4. The fourth-order valence-corrected chi connectivity index (χ4v) is 4.42. The fourth-order valence-electron chi connectivity index (χ4n) is 4.42. The third-order valence-corrected chi connectivity index (χ3v) is 6.17. The molecule has 1 saturated carbocycles. The molecule has 1 aliphatic heterocycles. The smallest absolute Gasteiger partial charge is 0.339 e. The molecule has 0 amide bonds. The van der Waals surface area contributed by atoms with Gasteiger partial charge in [0.05, 0.1) is 19.8 Å². The zero-order valence-corrected chi connectivity index (χ0v) is 19.9. The van der Waals surface area contributed by atoms with Gasteiger partial charge in [0.15, 0.2) is 11.5 Å². The van der Waals surface area contributed by atoms with Crippen LogP contribution < -0.4 is 14.4 Å². The number of methoxy groups -OCH3 is 2. The quantitative estimate of drug-likeness (QED) is 0.428. The van der Waals surface area contributed by atoms with Crippen LogP contribution >= 0.6 is 12.4 Å². The molecule has 0 bridgehead atoms. The van der Waals surface area contributed by atoms with Gasteiger partial charge in [-0.1, -0.05) is 6.92 Å². The van der Waals surface area contributed by atoms with Crippen LogP contribution in [0.1, 0.15) is 42.1 Å². The van der Waals surface area contributed by atoms with Crippen molar-refractivity contribution in [1.82, 2.24) is 9.97 Å². The van der Waals surface area contributed by atoms with E-state index in [1.54, 1.807) is 14.2 Å². The van der Waals surface area contributed by atoms with Crippen molar-refractivity contribution in [1.29, 1.82) is 0 Å². The van der Waals surface area contributed by atoms with Gasteiger partial charge in [-0.05, 0) is 54.2 Å². The van der Waals surface area contributed by atoms with Crippen LogP contribution in [0.25, 0.3) is 21.9 Å². The van der Waals surface area contributed by atoms with Gasteiger partial charge in [-0.2, -0.15) is 0 Å². The molecule has 7 nitrogen and oxygen atoms in total. The summed E-state index contributed by atoms with van der Waals surface area (Å²) in [6, 6.07) is 5.81. The Labute approximate surface area is 199 Å². The third kappa shape index (κ3) is 4.29. The van der Waals surface area contributed by atoms with Crippen molar-refractivity contribution in [3.63, 3.8) is 0 Å². The highest BCUT2D eigenvalue weighted by Gasteiger charge is 2.29. The summed E-state index contributed by atoms with van der Waals surface area (Å²) < 4.78 is 16.4. The second kappa shape index (κ2) is 9.43. The molecule has 0 unspecified atom stereocenters. The number of esters is 1. The van der Waals surface area contributed by atoms with E-state index in [0.29, 0.717) is 17.1 Å². The minimum atomic E-state index is -0.322. The van der Waals surface area contributed by atoms with E-state index in [0.717, 1.165) is 58.8 Å². The van der Waals surface area contributed by atoms with Crippen molar-refractivity contribution in [2.75, 3.05) is 32.2 Å². The maximum Gasteiger partial charge on any atom is 0.339 e. The zero-order chi connectivity index (χ0) is 22.2. The van der Waals surface area contributed by atoms with Gasteiger partial charge < -0.3 is 19.1 Å². The summed E-state index contributed by atoms with van der Waals surface area (Å²) in [5.74, 6) is 2.41. The van der Waals surface area contributed by atoms with Gasteiger partial charge in [0.2, 0.25) is 5.95 Å². The molecule has 1 fully saturated rings. The Hall–Kier alpha value is -3.06. The van der Waals surface area contributed by atoms with Crippen molar-refractivity contribution in [3.05, 3.63) is 41.7 Å². The van der Waals surface area contributed by atoms with Gasteiger partial charge in [-0.25, -0.2) is 14.8 Å². The average molecular weight is 470 g/mol. The molecule has 2 aromatic carbocycles. The highest BCUT2D eigenvalue weighted by molar-refractivity contribution is 6.11. The summed E-state index contributed by atoms with van der Waals surface area (Å²) in [5, 5.41) is 1.82. The number of fused-ring (bicyclic) bond motifs is 2. The summed E-state index contributed by atoms with van der Waals surface area (Å²) in [6.45, 7) is 4.36. The van der Waals surface area contributed by atoms with Crippen LogP contribution in [0.2, 0.25) is 0 Å². The van der Waals surface area contributed by atoms with Gasteiger partial charge in [0, 0.05) is 42.2 Å². The van der Waals surface area contributed by atoms with E-state index in [4.69, 9.17) is 24.2 Å². The van der Waals surface area contributed by atoms with E-state index in [2.05, 4.69) is 11.8 Å². The van der Waals surface area contributed by atoms with Crippen LogP contribution in [-0.2, 0) is 11.3 Å². The minimum absolute atomic E-state index is 0. The lowest BCUT2D eigenvalue weighted by Gasteiger charge is -2.22. The van der Waals surface area contributed by atoms with E-state index >= 15 is 0 Å². The van der Waals surface area contributed by atoms with Crippen molar-refractivity contribution in [2.45, 2.75) is 32.8 Å². The molecule has 1 aliphatic carbocycles. The number of cyclic esters (lactones) is 1. The second-order valence-electron chi connectivity index (χ2n) is 8.45. The Morgan fingerprint density at radius 2 is 1.76 bits per heavy atom. The lowest BCUT2D eigenvalue weighted by molar-refractivity contribution is 0.0535. The molecule has 174 valence electrons. The van der Waals surface area contributed by atoms with Gasteiger partial charge in [-0.15, -0.1) is 12.4 Å². The predicted octanol–water partition coefficient (Wildman–Crippen LogP) is 5.03. The largest absolute Gasteiger partial charge is 0.493 e. The molecule has 0 atom stereocenters. The summed E-state index contributed by atoms with van der Waals surface area (Å²) in [5.41, 5.74) is 2.99. The van der Waals surface area contributed by atoms with Crippen LogP contribution in [0.4, 0.5) is 5.95 Å². The maximum absolute atomic E-state index is 12.6. The number of nitrogens with zero attached hydrogens (tertiary/aromatic N) is 3. The first-order chi connectivity index (χ1) is 15.6. The molecule has 5 rings (SSSR count). The molecule has 2 aliphatic rings. The van der Waals surface area contributed by atoms with E-state index in [1.807, 2.05) is 30.6 Å². The van der Waals surface area contributed by atoms with Crippen molar-refractivity contribution >= 4 is 35.1 Å². The number of hydrogen-bond acceptors (Lipinski definition) is 7. The molecule has 33 heavy (non-hydrogen) atoms. The second-order valence-corrected chi connectivity index (χ2v) is 8.45. The first-order valence-corrected chi connectivity index (χ1v) is 11.1. The number of anilines is 1. The zero-order valence-electron chi connectivity index (χ0n) is 19.1. The number of carbonyl (C=O) groups excluding carboxylic acids is 1. The lowest BCUT2D eigenvalue weighted by atomic mass is 9.91. The highest BCUT2D eigenvalue weighted by Crippen LogP contribution is 2.42. The Balaban J connectivity index is 0.00000259. The summed E-state index contributed by atoms with van der Waals surface area (Å²) in [7, 11) is 3.21. The number of carbonyl (C=O) groups is 1. The lowest BCUT2D eigenvalue weighted by Crippen LogP contribution is -2.28. The molecule has 3 aromatic rings. The number of hydrogen-bond donors (Lipinski definition) is 0. The van der Waals surface area contributed by atoms with E-state index in [-0.39, 0.29) is 25.0 Å². The summed E-state index contributed by atoms with van der Waals surface area (Å²) in [4.78, 5) is 24.3. The van der Waals surface area contributed by atoms with E-state index < -0.39 is 0 Å². The number of ether oxygens (including phenoxy) is 3. The van der Waals surface area contributed by atoms with Gasteiger partial charge in [-0.3, -0.25) is 0 Å². The normalized spacial score (nSPS) is 14.5. The van der Waals surface area contributed by atoms with E-state index in [9.17, 15) is 4.79 Å². The Morgan fingerprint density at radius 3 is 2.39 bits per heavy atom. The molecule has 0 radical (unpaired) electrons. The standard InChI is InChI=1S/C25H27N3O4.ClH/c1-4-7-28(13-15-5-6-15)25-26-11-18(12-27-25)22-19-10-21(31-3)20(30-2)9-16(19)8-17-14-32-24(29)23(17)22;/h8-12,15H,4-7,13-14H2,1-3H3;1H. The van der Waals surface area contributed by atoms with Crippen LogP contribution in [0.5, 0.6) is 11.5 Å². The summed E-state index contributed by atoms with van der Waals surface area (Å²) >= 11 is 0. The predicted molar refractivity (Wildman–Crippen MR) is 130 cm³/mol. The van der Waals surface area contributed by atoms with E-state index in [1.165, 1.54) is 12.8 Å². The Bertz CT molecular complexity index is 1180. The SMILES string of the molecule is CCCN(CC1CC1)c1ncc(-c2c3c(cc4cc(OC)c(OC)cc24)COC3=O)cn1.Cl. The van der Waals surface area contributed by atoms with Crippen LogP contribution in [0.15, 0.2) is 30.6 Å². The van der Waals surface area contributed by atoms with Gasteiger partial charge in [0.1, 0.15) is 6.61 Å². The van der Waals surface area contributed by atoms with Crippen LogP contribution in [-0.4, -0.2) is 43.2 Å². The van der Waals surface area contributed by atoms with Crippen LogP contribution in [0, 0.1) is 5.92 Å². The van der Waals surface area contributed by atoms with Gasteiger partial charge in [0.25, 0.3) is 0 Å². The van der Waals surface area contributed by atoms with Crippen molar-refractivity contribution in [2.24, 2.45) is 5.92 Å². The first-order valence-electron chi connectivity index (χ1n) is 11.1. The first kappa shape index (κ1) is 23.1. The maximum atomic E-state index is 12.6. The fraction of sp³-hybridized carbons (Fsp3) is 0.400. The van der Waals surface area contributed by atoms with Crippen molar-refractivity contribution in [3.8, 4) is 22.6 Å². The van der Waals surface area contributed by atoms with Crippen molar-refractivity contribution < 1.29 is 19.0 Å². The number of aromatic nitrogens is 2. The summed E-state index contributed by atoms with van der Waals surface area (Å²) in [6.07, 6.45) is 7.24. The molecule has 0 saturated heterocycles.